The van der Waals surface area contributed by atoms with E-state index in [0.717, 1.165) is 0 Å². The van der Waals surface area contributed by atoms with Gasteiger partial charge in [-0.15, -0.1) is 0 Å². The summed E-state index contributed by atoms with van der Waals surface area (Å²) >= 11 is 5.73. The Labute approximate surface area is 104 Å². The lowest BCUT2D eigenvalue weighted by Gasteiger charge is -2.10. The molecule has 0 saturated heterocycles. The second kappa shape index (κ2) is 4.35. The van der Waals surface area contributed by atoms with Gasteiger partial charge in [0.05, 0.1) is 23.4 Å². The van der Waals surface area contributed by atoms with Gasteiger partial charge in [-0.1, -0.05) is 11.6 Å². The topological polar surface area (TPSA) is 82.8 Å². The number of sulfone groups is 1. The minimum absolute atomic E-state index is 0.0108. The molecule has 0 spiro atoms. The van der Waals surface area contributed by atoms with Gasteiger partial charge in [0.1, 0.15) is 11.0 Å². The average molecular weight is 270 g/mol. The summed E-state index contributed by atoms with van der Waals surface area (Å²) in [6, 6.07) is 4.57. The lowest BCUT2D eigenvalue weighted by molar-refractivity contribution is 0.605. The smallest absolute Gasteiger partial charge is 0.173 e. The van der Waals surface area contributed by atoms with Crippen LogP contribution >= 0.6 is 11.6 Å². The maximum atomic E-state index is 11.2. The number of aromatic nitrogens is 1. The highest BCUT2D eigenvalue weighted by Gasteiger charge is 2.21. The van der Waals surface area contributed by atoms with Crippen LogP contribution in [0.15, 0.2) is 23.6 Å². The first kappa shape index (κ1) is 11.9. The van der Waals surface area contributed by atoms with Crippen LogP contribution in [0.3, 0.4) is 0 Å². The fourth-order valence-corrected chi connectivity index (χ4v) is 2.93. The van der Waals surface area contributed by atoms with Crippen LogP contribution in [-0.4, -0.2) is 25.2 Å². The van der Waals surface area contributed by atoms with Gasteiger partial charge in [-0.05, 0) is 18.2 Å². The number of pyridine rings is 1. The Morgan fingerprint density at radius 3 is 2.88 bits per heavy atom. The molecule has 1 aliphatic rings. The third-order valence-corrected chi connectivity index (χ3v) is 3.78. The zero-order valence-corrected chi connectivity index (χ0v) is 10.2. The Balaban J connectivity index is 2.18. The molecule has 0 aromatic carbocycles. The van der Waals surface area contributed by atoms with Crippen LogP contribution in [0.1, 0.15) is 5.56 Å². The van der Waals surface area contributed by atoms with Crippen molar-refractivity contribution in [1.29, 1.82) is 5.26 Å². The molecule has 2 heterocycles. The van der Waals surface area contributed by atoms with Gasteiger partial charge in [0.15, 0.2) is 9.84 Å². The molecule has 1 aromatic rings. The number of hydrogen-bond acceptors (Lipinski definition) is 5. The summed E-state index contributed by atoms with van der Waals surface area (Å²) in [4.78, 5) is 3.97. The van der Waals surface area contributed by atoms with E-state index in [-0.39, 0.29) is 16.9 Å². The minimum atomic E-state index is -3.11. The third-order valence-electron chi connectivity index (χ3n) is 2.19. The largest absolute Gasteiger partial charge is 0.363 e. The molecular formula is C10H8ClN3O2S. The second-order valence-electron chi connectivity index (χ2n) is 3.58. The molecule has 0 amide bonds. The zero-order chi connectivity index (χ0) is 12.5. The van der Waals surface area contributed by atoms with Gasteiger partial charge >= 0.3 is 0 Å². The standard InChI is InChI=1S/C10H8ClN3O2S/c11-9-3-7(5-12)4-10(14-9)13-8-1-2-17(15,16)6-8/h1-4,8H,6H2,(H,13,14). The van der Waals surface area contributed by atoms with Gasteiger partial charge in [-0.3, -0.25) is 0 Å². The maximum absolute atomic E-state index is 11.2. The summed E-state index contributed by atoms with van der Waals surface area (Å²) in [5, 5.41) is 13.0. The Morgan fingerprint density at radius 2 is 2.29 bits per heavy atom. The number of anilines is 1. The van der Waals surface area contributed by atoms with E-state index in [1.54, 1.807) is 6.08 Å². The van der Waals surface area contributed by atoms with Gasteiger partial charge < -0.3 is 5.32 Å². The maximum Gasteiger partial charge on any atom is 0.173 e. The summed E-state index contributed by atoms with van der Waals surface area (Å²) in [6.07, 6.45) is 1.55. The normalized spacial score (nSPS) is 21.1. The molecule has 7 heteroatoms. The lowest BCUT2D eigenvalue weighted by atomic mass is 10.2. The van der Waals surface area contributed by atoms with Crippen LogP contribution in [0.2, 0.25) is 5.15 Å². The molecule has 0 saturated carbocycles. The molecule has 17 heavy (non-hydrogen) atoms. The molecule has 0 fully saturated rings. The van der Waals surface area contributed by atoms with E-state index in [2.05, 4.69) is 10.3 Å². The summed E-state index contributed by atoms with van der Waals surface area (Å²) in [7, 11) is -3.11. The lowest BCUT2D eigenvalue weighted by Crippen LogP contribution is -2.21. The number of hydrogen-bond donors (Lipinski definition) is 1. The molecule has 1 unspecified atom stereocenters. The molecule has 88 valence electrons. The molecule has 0 radical (unpaired) electrons. The van der Waals surface area contributed by atoms with Crippen molar-refractivity contribution < 1.29 is 8.42 Å². The first-order valence-electron chi connectivity index (χ1n) is 4.74. The Kier molecular flexibility index (Phi) is 3.05. The SMILES string of the molecule is N#Cc1cc(Cl)nc(NC2C=CS(=O)(=O)C2)c1. The number of nitrogens with zero attached hydrogens (tertiary/aromatic N) is 2. The van der Waals surface area contributed by atoms with E-state index in [4.69, 9.17) is 16.9 Å². The molecular weight excluding hydrogens is 262 g/mol. The van der Waals surface area contributed by atoms with Crippen molar-refractivity contribution in [3.05, 3.63) is 34.3 Å². The Bertz CT molecular complexity index is 619. The predicted octanol–water partition coefficient (Wildman–Crippen LogP) is 1.33. The van der Waals surface area contributed by atoms with Crippen molar-refractivity contribution in [2.45, 2.75) is 6.04 Å². The van der Waals surface area contributed by atoms with Crippen molar-refractivity contribution in [1.82, 2.24) is 4.98 Å². The van der Waals surface area contributed by atoms with Crippen LogP contribution < -0.4 is 5.32 Å². The Morgan fingerprint density at radius 1 is 1.53 bits per heavy atom. The second-order valence-corrected chi connectivity index (χ2v) is 5.90. The molecule has 1 atom stereocenters. The molecule has 1 aliphatic heterocycles. The van der Waals surface area contributed by atoms with Crippen LogP contribution in [0.25, 0.3) is 0 Å². The highest BCUT2D eigenvalue weighted by molar-refractivity contribution is 7.94. The highest BCUT2D eigenvalue weighted by atomic mass is 35.5. The number of rotatable bonds is 2. The van der Waals surface area contributed by atoms with E-state index in [9.17, 15) is 8.42 Å². The van der Waals surface area contributed by atoms with Crippen molar-refractivity contribution in [3.63, 3.8) is 0 Å². The average Bonchev–Trinajstić information content (AvgIpc) is 2.57. The first-order valence-corrected chi connectivity index (χ1v) is 6.83. The van der Waals surface area contributed by atoms with Crippen molar-refractivity contribution in [2.75, 3.05) is 11.1 Å². The monoisotopic (exact) mass is 269 g/mol. The van der Waals surface area contributed by atoms with Gasteiger partial charge in [0.2, 0.25) is 0 Å². The molecule has 0 bridgehead atoms. The minimum Gasteiger partial charge on any atom is -0.363 e. The summed E-state index contributed by atoms with van der Waals surface area (Å²) in [5.74, 6) is 0.379. The predicted molar refractivity (Wildman–Crippen MR) is 64.3 cm³/mol. The fourth-order valence-electron chi connectivity index (χ4n) is 1.49. The van der Waals surface area contributed by atoms with E-state index >= 15 is 0 Å². The molecule has 0 aliphatic carbocycles. The third kappa shape index (κ3) is 2.96. The zero-order valence-electron chi connectivity index (χ0n) is 8.59. The summed E-state index contributed by atoms with van der Waals surface area (Å²) < 4.78 is 22.4. The number of nitrogens with one attached hydrogen (secondary N) is 1. The van der Waals surface area contributed by atoms with E-state index in [1.165, 1.54) is 17.5 Å². The summed E-state index contributed by atoms with van der Waals surface area (Å²) in [6.45, 7) is 0. The van der Waals surface area contributed by atoms with Crippen LogP contribution in [0, 0.1) is 11.3 Å². The van der Waals surface area contributed by atoms with Gasteiger partial charge in [0, 0.05) is 5.41 Å². The van der Waals surface area contributed by atoms with Crippen LogP contribution in [0.5, 0.6) is 0 Å². The van der Waals surface area contributed by atoms with Gasteiger partial charge in [-0.2, -0.15) is 5.26 Å². The molecule has 5 nitrogen and oxygen atoms in total. The van der Waals surface area contributed by atoms with Gasteiger partial charge in [-0.25, -0.2) is 13.4 Å². The first-order chi connectivity index (χ1) is 7.98. The van der Waals surface area contributed by atoms with Crippen molar-refractivity contribution >= 4 is 27.3 Å². The van der Waals surface area contributed by atoms with E-state index in [0.29, 0.717) is 11.4 Å². The van der Waals surface area contributed by atoms with Crippen LogP contribution in [-0.2, 0) is 9.84 Å². The van der Waals surface area contributed by atoms with Crippen LogP contribution in [0.4, 0.5) is 5.82 Å². The number of halogens is 1. The fraction of sp³-hybridized carbons (Fsp3) is 0.200. The quantitative estimate of drug-likeness (QED) is 0.819. The number of nitriles is 1. The molecule has 2 rings (SSSR count). The van der Waals surface area contributed by atoms with Crippen molar-refractivity contribution in [2.24, 2.45) is 0 Å². The van der Waals surface area contributed by atoms with E-state index in [1.807, 2.05) is 6.07 Å². The van der Waals surface area contributed by atoms with E-state index < -0.39 is 9.84 Å². The van der Waals surface area contributed by atoms with Gasteiger partial charge in [0.25, 0.3) is 0 Å². The summed E-state index contributed by atoms with van der Waals surface area (Å²) in [5.41, 5.74) is 0.373. The van der Waals surface area contributed by atoms with Crippen molar-refractivity contribution in [3.8, 4) is 6.07 Å². The molecule has 1 N–H and O–H groups in total. The highest BCUT2D eigenvalue weighted by Crippen LogP contribution is 2.17. The Hall–Kier alpha value is -1.58. The molecule has 1 aromatic heterocycles.